The van der Waals surface area contributed by atoms with Crippen LogP contribution in [-0.2, 0) is 0 Å². The number of phenolic OH excluding ortho intramolecular Hbond substituents is 1. The summed E-state index contributed by atoms with van der Waals surface area (Å²) in [6.07, 6.45) is 0. The van der Waals surface area contributed by atoms with Crippen LogP contribution in [0.1, 0.15) is 16.7 Å². The van der Waals surface area contributed by atoms with Crippen LogP contribution < -0.4 is 20.7 Å². The number of hydrogen-bond acceptors (Lipinski definition) is 1. The van der Waals surface area contributed by atoms with E-state index in [1.165, 1.54) is 43.0 Å². The molecule has 0 fully saturated rings. The molecule has 145 valence electrons. The molecule has 4 aromatic carbocycles. The molecule has 0 unspecified atom stereocenters. The zero-order chi connectivity index (χ0) is 20.2. The van der Waals surface area contributed by atoms with Crippen LogP contribution in [0.25, 0.3) is 11.1 Å². The molecule has 0 aliphatic carbocycles. The third-order valence-corrected chi connectivity index (χ3v) is 11.3. The molecule has 1 nitrogen and oxygen atoms in total. The van der Waals surface area contributed by atoms with E-state index in [2.05, 4.69) is 92.7 Å². The van der Waals surface area contributed by atoms with Gasteiger partial charge in [0.25, 0.3) is 0 Å². The van der Waals surface area contributed by atoms with Crippen LogP contribution in [0.3, 0.4) is 0 Å². The van der Waals surface area contributed by atoms with E-state index in [-0.39, 0.29) is 44.1 Å². The standard InChI is InChI=1S/C27H24OSi.Ac/c1-18-14-23-24-17-25(28)20(3)16-27(24)29(26(23)15-19(18)2,21-10-6-4-7-11-21)22-12-8-5-9-13-22;/h4-17,28H,1-3H3;. The van der Waals surface area contributed by atoms with Gasteiger partial charge in [0.15, 0.2) is 8.07 Å². The molecule has 1 radical (unpaired) electrons. The third-order valence-electron chi connectivity index (χ3n) is 6.48. The Kier molecular flexibility index (Phi) is 5.83. The summed E-state index contributed by atoms with van der Waals surface area (Å²) in [5.74, 6) is 0.374. The molecule has 0 aromatic heterocycles. The molecular formula is C27H24AcOSi. The van der Waals surface area contributed by atoms with Crippen LogP contribution in [-0.4, -0.2) is 13.2 Å². The summed E-state index contributed by atoms with van der Waals surface area (Å²) in [5, 5.41) is 16.1. The van der Waals surface area contributed by atoms with Gasteiger partial charge in [0.05, 0.1) is 0 Å². The molecule has 0 amide bonds. The van der Waals surface area contributed by atoms with Gasteiger partial charge in [-0.05, 0) is 75.4 Å². The molecule has 0 saturated carbocycles. The zero-order valence-corrected chi connectivity index (χ0v) is 23.4. The van der Waals surface area contributed by atoms with Gasteiger partial charge in [-0.25, -0.2) is 0 Å². The van der Waals surface area contributed by atoms with Crippen molar-refractivity contribution in [2.24, 2.45) is 0 Å². The van der Waals surface area contributed by atoms with Crippen molar-refractivity contribution in [3.8, 4) is 16.9 Å². The minimum Gasteiger partial charge on any atom is -0.508 e. The van der Waals surface area contributed by atoms with Crippen molar-refractivity contribution in [3.63, 3.8) is 0 Å². The second-order valence-corrected chi connectivity index (χ2v) is 11.9. The van der Waals surface area contributed by atoms with E-state index in [0.29, 0.717) is 5.75 Å². The average Bonchev–Trinajstić information content (AvgIpc) is 2.99. The van der Waals surface area contributed by atoms with Crippen molar-refractivity contribution >= 4 is 28.8 Å². The van der Waals surface area contributed by atoms with E-state index in [1.54, 1.807) is 0 Å². The van der Waals surface area contributed by atoms with Gasteiger partial charge in [0.1, 0.15) is 5.75 Å². The molecular weight excluding hydrogens is 595 g/mol. The predicted octanol–water partition coefficient (Wildman–Crippen LogP) is 3.68. The first kappa shape index (κ1) is 21.6. The smallest absolute Gasteiger partial charge is 0.180 e. The summed E-state index contributed by atoms with van der Waals surface area (Å²) in [6, 6.07) is 30.9. The van der Waals surface area contributed by atoms with Crippen molar-refractivity contribution in [2.75, 3.05) is 0 Å². The second kappa shape index (κ2) is 8.12. The third kappa shape index (κ3) is 3.06. The maximum Gasteiger partial charge on any atom is 0.180 e. The monoisotopic (exact) mass is 619 g/mol. The fraction of sp³-hybridized carbons (Fsp3) is 0.111. The van der Waals surface area contributed by atoms with Crippen LogP contribution in [0.5, 0.6) is 5.75 Å². The van der Waals surface area contributed by atoms with E-state index in [0.717, 1.165) is 5.56 Å². The number of aryl methyl sites for hydroxylation is 3. The number of aromatic hydroxyl groups is 1. The first-order valence-corrected chi connectivity index (χ1v) is 12.1. The number of fused-ring (bicyclic) bond motifs is 3. The van der Waals surface area contributed by atoms with Crippen molar-refractivity contribution in [3.05, 3.63) is 102 Å². The van der Waals surface area contributed by atoms with Crippen LogP contribution in [0, 0.1) is 64.8 Å². The van der Waals surface area contributed by atoms with E-state index < -0.39 is 8.07 Å². The molecule has 1 N–H and O–H groups in total. The van der Waals surface area contributed by atoms with Gasteiger partial charge >= 0.3 is 0 Å². The summed E-state index contributed by atoms with van der Waals surface area (Å²) in [4.78, 5) is 0. The first-order chi connectivity index (χ1) is 14.0. The van der Waals surface area contributed by atoms with Gasteiger partial charge in [0.2, 0.25) is 0 Å². The Morgan fingerprint density at radius 3 is 1.53 bits per heavy atom. The van der Waals surface area contributed by atoms with Crippen LogP contribution in [0.15, 0.2) is 84.9 Å². The minimum atomic E-state index is -2.45. The van der Waals surface area contributed by atoms with Gasteiger partial charge in [-0.1, -0.05) is 78.9 Å². The van der Waals surface area contributed by atoms with Crippen LogP contribution in [0.2, 0.25) is 0 Å². The Balaban J connectivity index is 0.00000218. The van der Waals surface area contributed by atoms with Crippen molar-refractivity contribution in [2.45, 2.75) is 20.8 Å². The van der Waals surface area contributed by atoms with Gasteiger partial charge in [-0.2, -0.15) is 0 Å². The Morgan fingerprint density at radius 2 is 1.00 bits per heavy atom. The molecule has 1 aliphatic heterocycles. The SMILES string of the molecule is Cc1cc2c(cc1C)[Si](c1ccccc1)(c1ccccc1)c1cc(C)c(O)cc1-2.[Ac]. The summed E-state index contributed by atoms with van der Waals surface area (Å²) < 4.78 is 0. The normalized spacial score (nSPS) is 13.3. The van der Waals surface area contributed by atoms with Crippen molar-refractivity contribution in [1.29, 1.82) is 0 Å². The summed E-state index contributed by atoms with van der Waals surface area (Å²) in [6.45, 7) is 6.39. The van der Waals surface area contributed by atoms with Gasteiger partial charge in [0, 0.05) is 44.1 Å². The summed E-state index contributed by atoms with van der Waals surface area (Å²) in [5.41, 5.74) is 6.01. The van der Waals surface area contributed by atoms with Gasteiger partial charge < -0.3 is 5.11 Å². The van der Waals surface area contributed by atoms with Crippen molar-refractivity contribution < 1.29 is 49.2 Å². The van der Waals surface area contributed by atoms with E-state index in [9.17, 15) is 5.11 Å². The largest absolute Gasteiger partial charge is 0.508 e. The Labute approximate surface area is 215 Å². The van der Waals surface area contributed by atoms with Gasteiger partial charge in [-0.3, -0.25) is 0 Å². The summed E-state index contributed by atoms with van der Waals surface area (Å²) >= 11 is 0. The van der Waals surface area contributed by atoms with Crippen LogP contribution >= 0.6 is 0 Å². The molecule has 5 rings (SSSR count). The molecule has 3 heteroatoms. The maximum atomic E-state index is 10.6. The maximum absolute atomic E-state index is 10.6. The van der Waals surface area contributed by atoms with E-state index >= 15 is 0 Å². The Bertz CT molecular complexity index is 1130. The molecule has 0 spiro atoms. The quantitative estimate of drug-likeness (QED) is 0.299. The molecule has 4 aromatic rings. The number of phenols is 1. The fourth-order valence-corrected chi connectivity index (χ4v) is 10.2. The number of rotatable bonds is 2. The van der Waals surface area contributed by atoms with Gasteiger partial charge in [-0.15, -0.1) is 0 Å². The second-order valence-electron chi connectivity index (χ2n) is 8.15. The molecule has 1 heterocycles. The first-order valence-electron chi connectivity index (χ1n) is 10.1. The number of hydrogen-bond donors (Lipinski definition) is 1. The molecule has 0 atom stereocenters. The average molecular weight is 620 g/mol. The fourth-order valence-electron chi connectivity index (χ4n) is 4.89. The Hall–Kier alpha value is -1.66. The number of benzene rings is 4. The van der Waals surface area contributed by atoms with Crippen LogP contribution in [0.4, 0.5) is 0 Å². The van der Waals surface area contributed by atoms with E-state index in [1.807, 2.05) is 13.0 Å². The minimum absolute atomic E-state index is 0. The molecule has 0 saturated heterocycles. The molecule has 0 bridgehead atoms. The molecule has 30 heavy (non-hydrogen) atoms. The van der Waals surface area contributed by atoms with Crippen molar-refractivity contribution in [1.82, 2.24) is 0 Å². The topological polar surface area (TPSA) is 20.2 Å². The predicted molar refractivity (Wildman–Crippen MR) is 125 cm³/mol. The van der Waals surface area contributed by atoms with E-state index in [4.69, 9.17) is 0 Å². The zero-order valence-electron chi connectivity index (χ0n) is 17.6. The molecule has 1 aliphatic rings. The Morgan fingerprint density at radius 1 is 0.567 bits per heavy atom. The summed E-state index contributed by atoms with van der Waals surface area (Å²) in [7, 11) is -2.45.